The Hall–Kier alpha value is -1.73. The summed E-state index contributed by atoms with van der Waals surface area (Å²) in [5.41, 5.74) is 1.08. The lowest BCUT2D eigenvalue weighted by Crippen LogP contribution is -2.36. The first-order chi connectivity index (χ1) is 14.0. The molecule has 7 heteroatoms. The van der Waals surface area contributed by atoms with Gasteiger partial charge in [-0.05, 0) is 77.9 Å². The second-order valence-electron chi connectivity index (χ2n) is 8.70. The third-order valence-electron chi connectivity index (χ3n) is 6.12. The highest BCUT2D eigenvalue weighted by molar-refractivity contribution is 7.18. The zero-order chi connectivity index (χ0) is 20.5. The molecule has 4 rings (SSSR count). The van der Waals surface area contributed by atoms with Gasteiger partial charge in [0, 0.05) is 4.88 Å². The van der Waals surface area contributed by atoms with Crippen molar-refractivity contribution in [3.8, 4) is 0 Å². The fraction of sp³-hybridized carbons (Fsp3) is 0.682. The quantitative estimate of drug-likeness (QED) is 0.692. The second-order valence-corrected chi connectivity index (χ2v) is 9.79. The summed E-state index contributed by atoms with van der Waals surface area (Å²) < 4.78 is 7.38. The second kappa shape index (κ2) is 8.56. The molecule has 29 heavy (non-hydrogen) atoms. The number of carbonyl (C=O) groups excluding carboxylic acids is 1. The summed E-state index contributed by atoms with van der Waals surface area (Å²) in [5, 5.41) is 0.726. The van der Waals surface area contributed by atoms with Gasteiger partial charge in [-0.1, -0.05) is 6.42 Å². The van der Waals surface area contributed by atoms with Crippen molar-refractivity contribution < 1.29 is 9.53 Å². The Morgan fingerprint density at radius 2 is 1.93 bits per heavy atom. The predicted octanol–water partition coefficient (Wildman–Crippen LogP) is 3.84. The summed E-state index contributed by atoms with van der Waals surface area (Å²) in [6.07, 6.45) is 9.48. The van der Waals surface area contributed by atoms with E-state index < -0.39 is 6.04 Å². The molecule has 1 atom stereocenters. The van der Waals surface area contributed by atoms with Gasteiger partial charge in [-0.15, -0.1) is 11.3 Å². The van der Waals surface area contributed by atoms with Crippen LogP contribution in [0.3, 0.4) is 0 Å². The molecule has 0 aliphatic heterocycles. The molecule has 0 aromatic carbocycles. The molecule has 2 heterocycles. The molecule has 0 amide bonds. The van der Waals surface area contributed by atoms with Crippen LogP contribution in [0.5, 0.6) is 0 Å². The molecule has 0 bridgehead atoms. The monoisotopic (exact) mass is 417 g/mol. The van der Waals surface area contributed by atoms with Crippen molar-refractivity contribution >= 4 is 27.5 Å². The SMILES string of the molecule is CC(C(=O)OC1CCCCC1)n1c(CN(C)C)nc2sc3c(c2c1=O)CCCC3. The number of aromatic nitrogens is 2. The Morgan fingerprint density at radius 3 is 2.66 bits per heavy atom. The van der Waals surface area contributed by atoms with Crippen LogP contribution in [0.1, 0.15) is 74.2 Å². The number of hydrogen-bond donors (Lipinski definition) is 0. The maximum absolute atomic E-state index is 13.6. The van der Waals surface area contributed by atoms with Gasteiger partial charge in [0.05, 0.1) is 11.9 Å². The van der Waals surface area contributed by atoms with Gasteiger partial charge >= 0.3 is 5.97 Å². The number of fused-ring (bicyclic) bond motifs is 3. The highest BCUT2D eigenvalue weighted by Crippen LogP contribution is 2.34. The minimum Gasteiger partial charge on any atom is -0.461 e. The lowest BCUT2D eigenvalue weighted by atomic mass is 9.97. The zero-order valence-electron chi connectivity index (χ0n) is 17.7. The third-order valence-corrected chi connectivity index (χ3v) is 7.30. The lowest BCUT2D eigenvalue weighted by molar-refractivity contribution is -0.154. The van der Waals surface area contributed by atoms with E-state index in [1.165, 1.54) is 17.7 Å². The normalized spacial score (nSPS) is 18.8. The van der Waals surface area contributed by atoms with Crippen molar-refractivity contribution in [3.05, 3.63) is 26.6 Å². The minimum absolute atomic E-state index is 0.0164. The highest BCUT2D eigenvalue weighted by atomic mass is 32.1. The van der Waals surface area contributed by atoms with Crippen molar-refractivity contribution in [3.63, 3.8) is 0 Å². The summed E-state index contributed by atoms with van der Waals surface area (Å²) in [4.78, 5) is 35.5. The number of thiophene rings is 1. The molecule has 0 saturated heterocycles. The fourth-order valence-electron chi connectivity index (χ4n) is 4.60. The standard InChI is InChI=1S/C22H31N3O3S/c1-14(22(27)28-15-9-5-4-6-10-15)25-18(13-24(2)3)23-20-19(21(25)26)16-11-7-8-12-17(16)29-20/h14-15H,4-13H2,1-3H3. The highest BCUT2D eigenvalue weighted by Gasteiger charge is 2.29. The fourth-order valence-corrected chi connectivity index (χ4v) is 5.88. The maximum atomic E-state index is 13.6. The number of rotatable bonds is 5. The zero-order valence-corrected chi connectivity index (χ0v) is 18.5. The summed E-state index contributed by atoms with van der Waals surface area (Å²) in [6, 6.07) is -0.671. The van der Waals surface area contributed by atoms with Crippen LogP contribution in [0.25, 0.3) is 10.2 Å². The summed E-state index contributed by atoms with van der Waals surface area (Å²) >= 11 is 1.65. The number of hydrogen-bond acceptors (Lipinski definition) is 6. The molecule has 0 spiro atoms. The molecule has 2 aliphatic rings. The van der Waals surface area contributed by atoms with Crippen LogP contribution in [-0.2, 0) is 28.9 Å². The van der Waals surface area contributed by atoms with Gasteiger partial charge in [-0.25, -0.2) is 9.78 Å². The average molecular weight is 418 g/mol. The van der Waals surface area contributed by atoms with Crippen LogP contribution in [0.2, 0.25) is 0 Å². The van der Waals surface area contributed by atoms with Crippen molar-refractivity contribution in [2.24, 2.45) is 0 Å². The lowest BCUT2D eigenvalue weighted by Gasteiger charge is -2.25. The van der Waals surface area contributed by atoms with Crippen molar-refractivity contribution in [1.29, 1.82) is 0 Å². The Labute approximate surface area is 175 Å². The van der Waals surface area contributed by atoms with E-state index in [1.807, 2.05) is 19.0 Å². The van der Waals surface area contributed by atoms with E-state index >= 15 is 0 Å². The van der Waals surface area contributed by atoms with E-state index in [4.69, 9.17) is 9.72 Å². The van der Waals surface area contributed by atoms with E-state index in [-0.39, 0.29) is 17.6 Å². The van der Waals surface area contributed by atoms with E-state index in [1.54, 1.807) is 22.8 Å². The largest absolute Gasteiger partial charge is 0.461 e. The summed E-state index contributed by atoms with van der Waals surface area (Å²) in [6.45, 7) is 2.28. The molecule has 0 N–H and O–H groups in total. The topological polar surface area (TPSA) is 64.4 Å². The van der Waals surface area contributed by atoms with Crippen molar-refractivity contribution in [1.82, 2.24) is 14.5 Å². The molecule has 1 saturated carbocycles. The first-order valence-electron chi connectivity index (χ1n) is 10.9. The van der Waals surface area contributed by atoms with E-state index in [0.717, 1.165) is 60.7 Å². The molecule has 158 valence electrons. The van der Waals surface area contributed by atoms with E-state index in [0.29, 0.717) is 12.4 Å². The molecule has 1 unspecified atom stereocenters. The Bertz CT molecular complexity index is 956. The molecular formula is C22H31N3O3S. The van der Waals surface area contributed by atoms with Gasteiger partial charge in [0.1, 0.15) is 22.8 Å². The Kier molecular flexibility index (Phi) is 6.06. The van der Waals surface area contributed by atoms with Crippen LogP contribution in [-0.4, -0.2) is 40.6 Å². The van der Waals surface area contributed by atoms with E-state index in [2.05, 4.69) is 0 Å². The van der Waals surface area contributed by atoms with Crippen LogP contribution < -0.4 is 5.56 Å². The van der Waals surface area contributed by atoms with Crippen molar-refractivity contribution in [2.45, 2.75) is 83.4 Å². The maximum Gasteiger partial charge on any atom is 0.329 e. The van der Waals surface area contributed by atoms with Crippen LogP contribution in [0, 0.1) is 0 Å². The Balaban J connectivity index is 1.74. The predicted molar refractivity (Wildman–Crippen MR) is 116 cm³/mol. The molecule has 1 fully saturated rings. The molecular weight excluding hydrogens is 386 g/mol. The molecule has 2 aliphatic carbocycles. The van der Waals surface area contributed by atoms with Gasteiger partial charge in [0.2, 0.25) is 0 Å². The summed E-state index contributed by atoms with van der Waals surface area (Å²) in [5.74, 6) is 0.323. The first-order valence-corrected chi connectivity index (χ1v) is 11.7. The van der Waals surface area contributed by atoms with Crippen LogP contribution in [0.4, 0.5) is 0 Å². The number of aryl methyl sites for hydroxylation is 2. The molecule has 0 radical (unpaired) electrons. The van der Waals surface area contributed by atoms with Gasteiger partial charge in [-0.3, -0.25) is 9.36 Å². The molecule has 2 aromatic rings. The average Bonchev–Trinajstić information content (AvgIpc) is 3.06. The number of nitrogens with zero attached hydrogens (tertiary/aromatic N) is 3. The van der Waals surface area contributed by atoms with Crippen LogP contribution >= 0.6 is 11.3 Å². The first kappa shape index (κ1) is 20.5. The number of ether oxygens (including phenoxy) is 1. The summed E-state index contributed by atoms with van der Waals surface area (Å²) in [7, 11) is 3.90. The van der Waals surface area contributed by atoms with Gasteiger partial charge < -0.3 is 9.64 Å². The Morgan fingerprint density at radius 1 is 1.21 bits per heavy atom. The number of esters is 1. The molecule has 6 nitrogen and oxygen atoms in total. The van der Waals surface area contributed by atoms with Gasteiger partial charge in [0.25, 0.3) is 5.56 Å². The van der Waals surface area contributed by atoms with Crippen molar-refractivity contribution in [2.75, 3.05) is 14.1 Å². The van der Waals surface area contributed by atoms with Crippen LogP contribution in [0.15, 0.2) is 4.79 Å². The minimum atomic E-state index is -0.671. The molecule has 2 aromatic heterocycles. The van der Waals surface area contributed by atoms with Gasteiger partial charge in [0.15, 0.2) is 0 Å². The smallest absolute Gasteiger partial charge is 0.329 e. The number of carbonyl (C=O) groups is 1. The van der Waals surface area contributed by atoms with E-state index in [9.17, 15) is 9.59 Å². The third kappa shape index (κ3) is 4.12. The van der Waals surface area contributed by atoms with Gasteiger partial charge in [-0.2, -0.15) is 0 Å².